The molecule has 0 bridgehead atoms. The van der Waals surface area contributed by atoms with Gasteiger partial charge in [-0.2, -0.15) is 0 Å². The molecule has 3 aromatic carbocycles. The fraction of sp³-hybridized carbons (Fsp3) is 0.357. The minimum Gasteiger partial charge on any atom is -0.508 e. The second-order valence-electron chi connectivity index (χ2n) is 10.2. The smallest absolute Gasteiger partial charge is 0.119 e. The predicted octanol–water partition coefficient (Wildman–Crippen LogP) is 4.99. The highest BCUT2D eigenvalue weighted by molar-refractivity contribution is 5.30. The topological polar surface area (TPSA) is 117 Å². The van der Waals surface area contributed by atoms with Gasteiger partial charge in [-0.3, -0.25) is 22.5 Å². The number of hydrogen-bond donors (Lipinski definition) is 6. The Bertz CT molecular complexity index is 881. The van der Waals surface area contributed by atoms with E-state index in [9.17, 15) is 0 Å². The lowest BCUT2D eigenvalue weighted by atomic mass is 9.87. The van der Waals surface area contributed by atoms with Crippen molar-refractivity contribution in [2.75, 3.05) is 0 Å². The van der Waals surface area contributed by atoms with E-state index in [1.165, 1.54) is 40.5 Å². The number of phenols is 2. The van der Waals surface area contributed by atoms with Crippen LogP contribution in [0.5, 0.6) is 11.5 Å². The molecule has 0 heterocycles. The molecule has 0 aliphatic carbocycles. The van der Waals surface area contributed by atoms with Gasteiger partial charge >= 0.3 is 0 Å². The largest absolute Gasteiger partial charge is 0.508 e. The zero-order valence-electron chi connectivity index (χ0n) is 21.4. The zero-order valence-corrected chi connectivity index (χ0v) is 21.4. The molecule has 0 aliphatic heterocycles. The van der Waals surface area contributed by atoms with Crippen LogP contribution in [0.25, 0.3) is 0 Å². The maximum atomic E-state index is 8.65. The van der Waals surface area contributed by atoms with Crippen LogP contribution in [0.3, 0.4) is 0 Å². The van der Waals surface area contributed by atoms with Crippen LogP contribution in [0.4, 0.5) is 0 Å². The Morgan fingerprint density at radius 2 is 0.912 bits per heavy atom. The molecule has 0 unspecified atom stereocenters. The van der Waals surface area contributed by atoms with Crippen molar-refractivity contribution in [1.29, 1.82) is 0 Å². The van der Waals surface area contributed by atoms with E-state index < -0.39 is 0 Å². The van der Waals surface area contributed by atoms with Crippen LogP contribution in [-0.4, -0.2) is 10.2 Å². The number of nitrogens with one attached hydrogen (secondary N) is 2. The lowest BCUT2D eigenvalue weighted by molar-refractivity contribution is 0.450. The summed E-state index contributed by atoms with van der Waals surface area (Å²) in [6.45, 7) is 14.7. The van der Waals surface area contributed by atoms with Crippen LogP contribution >= 0.6 is 0 Å². The van der Waals surface area contributed by atoms with Crippen LogP contribution in [0.15, 0.2) is 72.8 Å². The van der Waals surface area contributed by atoms with E-state index >= 15 is 0 Å². The van der Waals surface area contributed by atoms with Crippen LogP contribution in [0.1, 0.15) is 63.8 Å². The van der Waals surface area contributed by atoms with Gasteiger partial charge in [-0.05, 0) is 45.2 Å². The minimum absolute atomic E-state index is 0.0880. The molecule has 0 aliphatic rings. The molecule has 0 spiro atoms. The van der Waals surface area contributed by atoms with Crippen molar-refractivity contribution in [3.63, 3.8) is 0 Å². The van der Waals surface area contributed by atoms with E-state index in [0.29, 0.717) is 0 Å². The second kappa shape index (κ2) is 13.7. The van der Waals surface area contributed by atoms with Crippen molar-refractivity contribution in [1.82, 2.24) is 10.9 Å². The number of nitrogens with two attached hydrogens (primary N) is 2. The summed E-state index contributed by atoms with van der Waals surface area (Å²) in [6.07, 6.45) is 0. The van der Waals surface area contributed by atoms with E-state index in [4.69, 9.17) is 21.9 Å². The third-order valence-electron chi connectivity index (χ3n) is 5.08. The molecule has 34 heavy (non-hydrogen) atoms. The Labute approximate surface area is 205 Å². The molecule has 8 N–H and O–H groups in total. The van der Waals surface area contributed by atoms with Crippen molar-refractivity contribution in [2.24, 2.45) is 11.7 Å². The Morgan fingerprint density at radius 3 is 1.12 bits per heavy atom. The van der Waals surface area contributed by atoms with Crippen LogP contribution in [0.2, 0.25) is 0 Å². The van der Waals surface area contributed by atoms with Crippen LogP contribution in [0, 0.1) is 0 Å². The lowest BCUT2D eigenvalue weighted by Gasteiger charge is -2.19. The minimum atomic E-state index is 0.0880. The maximum Gasteiger partial charge on any atom is 0.119 e. The van der Waals surface area contributed by atoms with Gasteiger partial charge in [-0.15, -0.1) is 0 Å². The molecule has 0 atom stereocenters. The molecule has 0 amide bonds. The molecule has 0 radical (unpaired) electrons. The Hall–Kier alpha value is -2.90. The average Bonchev–Trinajstić information content (AvgIpc) is 2.75. The molecule has 0 saturated heterocycles. The SMILES string of the molecule is CC(C)(C)c1ccc(CNN)cc1.CC(C)(C)c1ccc(CNN)cc1.Oc1cccc(O)c1. The van der Waals surface area contributed by atoms with Crippen molar-refractivity contribution in [3.8, 4) is 11.5 Å². The highest BCUT2D eigenvalue weighted by Gasteiger charge is 2.13. The first-order valence-corrected chi connectivity index (χ1v) is 11.4. The summed E-state index contributed by atoms with van der Waals surface area (Å²) in [5, 5.41) is 17.3. The molecule has 0 fully saturated rings. The third-order valence-corrected chi connectivity index (χ3v) is 5.08. The van der Waals surface area contributed by atoms with E-state index in [-0.39, 0.29) is 22.3 Å². The summed E-state index contributed by atoms with van der Waals surface area (Å²) >= 11 is 0. The highest BCUT2D eigenvalue weighted by Crippen LogP contribution is 2.23. The quantitative estimate of drug-likeness (QED) is 0.238. The van der Waals surface area contributed by atoms with E-state index in [0.717, 1.165) is 13.1 Å². The Kier molecular flexibility index (Phi) is 11.8. The summed E-state index contributed by atoms with van der Waals surface area (Å²) in [4.78, 5) is 0. The van der Waals surface area contributed by atoms with E-state index in [1.807, 2.05) is 0 Å². The molecule has 3 aromatic rings. The Morgan fingerprint density at radius 1 is 0.588 bits per heavy atom. The number of phenolic OH excluding ortho intramolecular Hbond substituents is 2. The summed E-state index contributed by atoms with van der Waals surface area (Å²) in [7, 11) is 0. The fourth-order valence-corrected chi connectivity index (χ4v) is 2.97. The van der Waals surface area contributed by atoms with Gasteiger partial charge in [-0.1, -0.05) is 96.1 Å². The molecular weight excluding hydrogens is 424 g/mol. The monoisotopic (exact) mass is 466 g/mol. The normalized spacial score (nSPS) is 11.1. The average molecular weight is 467 g/mol. The summed E-state index contributed by atoms with van der Waals surface area (Å²) < 4.78 is 0. The van der Waals surface area contributed by atoms with Crippen molar-refractivity contribution < 1.29 is 10.2 Å². The molecule has 186 valence electrons. The number of hydrazine groups is 2. The van der Waals surface area contributed by atoms with Gasteiger partial charge in [0.25, 0.3) is 0 Å². The van der Waals surface area contributed by atoms with Gasteiger partial charge in [0, 0.05) is 19.2 Å². The number of rotatable bonds is 4. The Balaban J connectivity index is 0.000000263. The fourth-order valence-electron chi connectivity index (χ4n) is 2.97. The number of benzene rings is 3. The van der Waals surface area contributed by atoms with Gasteiger partial charge in [-0.25, -0.2) is 0 Å². The summed E-state index contributed by atoms with van der Waals surface area (Å²) in [6, 6.07) is 22.9. The van der Waals surface area contributed by atoms with Crippen molar-refractivity contribution >= 4 is 0 Å². The molecule has 0 saturated carbocycles. The molecule has 6 nitrogen and oxygen atoms in total. The van der Waals surface area contributed by atoms with Gasteiger partial charge < -0.3 is 10.2 Å². The highest BCUT2D eigenvalue weighted by atomic mass is 16.3. The summed E-state index contributed by atoms with van der Waals surface area (Å²) in [5.41, 5.74) is 10.9. The zero-order chi connectivity index (χ0) is 25.8. The predicted molar refractivity (Wildman–Crippen MR) is 142 cm³/mol. The van der Waals surface area contributed by atoms with Gasteiger partial charge in [0.2, 0.25) is 0 Å². The molecule has 3 rings (SSSR count). The standard InChI is InChI=1S/2C11H18N2.C6H6O2/c2*1-11(2,3)10-6-4-9(5-7-10)8-13-12;7-5-2-1-3-6(8)4-5/h2*4-7,13H,8,12H2,1-3H3;1-4,7-8H. The van der Waals surface area contributed by atoms with Crippen molar-refractivity contribution in [2.45, 2.75) is 65.5 Å². The van der Waals surface area contributed by atoms with Crippen LogP contribution in [-0.2, 0) is 23.9 Å². The maximum absolute atomic E-state index is 8.65. The van der Waals surface area contributed by atoms with E-state index in [2.05, 4.69) is 101 Å². The second-order valence-corrected chi connectivity index (χ2v) is 10.2. The van der Waals surface area contributed by atoms with Crippen molar-refractivity contribution in [3.05, 3.63) is 95.1 Å². The van der Waals surface area contributed by atoms with Gasteiger partial charge in [0.05, 0.1) is 0 Å². The summed E-state index contributed by atoms with van der Waals surface area (Å²) in [5.74, 6) is 10.6. The molecule has 0 aromatic heterocycles. The molecule has 6 heteroatoms. The number of aromatic hydroxyl groups is 2. The first-order valence-electron chi connectivity index (χ1n) is 11.4. The first kappa shape index (κ1) is 29.1. The van der Waals surface area contributed by atoms with E-state index in [1.54, 1.807) is 6.07 Å². The lowest BCUT2D eigenvalue weighted by Crippen LogP contribution is -2.21. The van der Waals surface area contributed by atoms with Gasteiger partial charge in [0.1, 0.15) is 11.5 Å². The van der Waals surface area contributed by atoms with Crippen LogP contribution < -0.4 is 22.5 Å². The number of hydrogen-bond acceptors (Lipinski definition) is 6. The van der Waals surface area contributed by atoms with Gasteiger partial charge in [0.15, 0.2) is 0 Å². The molecular formula is C28H42N4O2. The third kappa shape index (κ3) is 11.3. The first-order chi connectivity index (χ1) is 15.9.